The molecular weight excluding hydrogens is 222 g/mol. The third kappa shape index (κ3) is 7.98. The van der Waals surface area contributed by atoms with Gasteiger partial charge in [-0.05, 0) is 33.1 Å². The Hall–Kier alpha value is -0.230. The van der Waals surface area contributed by atoms with Crippen molar-refractivity contribution in [3.63, 3.8) is 0 Å². The Morgan fingerprint density at radius 2 is 1.81 bits per heavy atom. The minimum Gasteiger partial charge on any atom is -0.392 e. The molecule has 96 valence electrons. The van der Waals surface area contributed by atoms with Gasteiger partial charge in [0.1, 0.15) is 0 Å². The number of hydrogen-bond acceptors (Lipinski definition) is 2. The zero-order chi connectivity index (χ0) is 12.1. The maximum absolute atomic E-state index is 9.87. The van der Waals surface area contributed by atoms with Crippen LogP contribution in [0, 0.1) is 18.3 Å². The fraction of sp³-hybridized carbons (Fsp3) is 0.846. The van der Waals surface area contributed by atoms with E-state index < -0.39 is 0 Å². The summed E-state index contributed by atoms with van der Waals surface area (Å²) in [5.41, 5.74) is 0.0182. The maximum atomic E-state index is 9.87. The lowest BCUT2D eigenvalue weighted by molar-refractivity contribution is 0.0578. The van der Waals surface area contributed by atoms with Gasteiger partial charge in [-0.15, -0.1) is 18.8 Å². The summed E-state index contributed by atoms with van der Waals surface area (Å²) in [6.45, 7) is 11.8. The molecule has 0 saturated heterocycles. The lowest BCUT2D eigenvalue weighted by Crippen LogP contribution is -2.45. The van der Waals surface area contributed by atoms with Crippen LogP contribution in [0.2, 0.25) is 0 Å². The summed E-state index contributed by atoms with van der Waals surface area (Å²) in [4.78, 5) is 2.14. The van der Waals surface area contributed by atoms with E-state index in [1.54, 1.807) is 0 Å². The van der Waals surface area contributed by atoms with Crippen molar-refractivity contribution in [2.75, 3.05) is 13.1 Å². The molecule has 0 aromatic heterocycles. The van der Waals surface area contributed by atoms with Crippen molar-refractivity contribution in [1.82, 2.24) is 4.90 Å². The Morgan fingerprint density at radius 1 is 1.31 bits per heavy atom. The first-order valence-electron chi connectivity index (χ1n) is 5.64. The Labute approximate surface area is 107 Å². The average molecular weight is 248 g/mol. The standard InChI is InChI=1S/C13H25NO.ClH/c1-7-8-14(13(4,5)6)10-12(15)9-11(2)3;/h1,11-12,15H,8-10H2,2-6H3;1H. The number of hydrogen-bond donors (Lipinski definition) is 1. The van der Waals surface area contributed by atoms with Gasteiger partial charge in [0.2, 0.25) is 0 Å². The second-order valence-electron chi connectivity index (χ2n) is 5.54. The molecule has 0 bridgehead atoms. The summed E-state index contributed by atoms with van der Waals surface area (Å²) in [6.07, 6.45) is 5.88. The van der Waals surface area contributed by atoms with Crippen LogP contribution in [0.15, 0.2) is 0 Å². The van der Waals surface area contributed by atoms with E-state index in [4.69, 9.17) is 6.42 Å². The van der Waals surface area contributed by atoms with Crippen molar-refractivity contribution < 1.29 is 5.11 Å². The second kappa shape index (κ2) is 7.95. The van der Waals surface area contributed by atoms with Gasteiger partial charge in [-0.2, -0.15) is 0 Å². The van der Waals surface area contributed by atoms with E-state index in [1.807, 2.05) is 0 Å². The van der Waals surface area contributed by atoms with Gasteiger partial charge in [0.05, 0.1) is 12.6 Å². The lowest BCUT2D eigenvalue weighted by Gasteiger charge is -2.35. The minimum absolute atomic E-state index is 0. The van der Waals surface area contributed by atoms with Crippen LogP contribution in [0.1, 0.15) is 41.0 Å². The highest BCUT2D eigenvalue weighted by Gasteiger charge is 2.23. The molecule has 0 amide bonds. The molecule has 0 heterocycles. The Morgan fingerprint density at radius 3 is 2.12 bits per heavy atom. The fourth-order valence-electron chi connectivity index (χ4n) is 1.56. The van der Waals surface area contributed by atoms with Crippen molar-refractivity contribution in [2.45, 2.75) is 52.7 Å². The fourth-order valence-corrected chi connectivity index (χ4v) is 1.56. The average Bonchev–Trinajstić information content (AvgIpc) is 2.00. The highest BCUT2D eigenvalue weighted by Crippen LogP contribution is 2.15. The second-order valence-corrected chi connectivity index (χ2v) is 5.54. The third-order valence-electron chi connectivity index (χ3n) is 2.41. The maximum Gasteiger partial charge on any atom is 0.0670 e. The van der Waals surface area contributed by atoms with Crippen LogP contribution in [-0.2, 0) is 0 Å². The molecular formula is C13H26ClNO. The summed E-state index contributed by atoms with van der Waals surface area (Å²) in [5.74, 6) is 3.17. The number of rotatable bonds is 5. The highest BCUT2D eigenvalue weighted by molar-refractivity contribution is 5.85. The molecule has 1 atom stereocenters. The summed E-state index contributed by atoms with van der Waals surface area (Å²) < 4.78 is 0. The molecule has 0 aromatic rings. The van der Waals surface area contributed by atoms with E-state index in [9.17, 15) is 5.11 Å². The number of terminal acetylenes is 1. The van der Waals surface area contributed by atoms with Crippen molar-refractivity contribution >= 4 is 12.4 Å². The molecule has 0 spiro atoms. The number of aliphatic hydroxyl groups is 1. The first-order chi connectivity index (χ1) is 6.77. The lowest BCUT2D eigenvalue weighted by atomic mass is 10.0. The Balaban J connectivity index is 0. The molecule has 0 aliphatic rings. The van der Waals surface area contributed by atoms with Crippen LogP contribution in [0.4, 0.5) is 0 Å². The van der Waals surface area contributed by atoms with Gasteiger partial charge < -0.3 is 5.11 Å². The molecule has 0 fully saturated rings. The topological polar surface area (TPSA) is 23.5 Å². The summed E-state index contributed by atoms with van der Waals surface area (Å²) in [5, 5.41) is 9.87. The van der Waals surface area contributed by atoms with E-state index >= 15 is 0 Å². The van der Waals surface area contributed by atoms with Crippen molar-refractivity contribution in [2.24, 2.45) is 5.92 Å². The summed E-state index contributed by atoms with van der Waals surface area (Å²) in [6, 6.07) is 0. The van der Waals surface area contributed by atoms with Gasteiger partial charge in [-0.1, -0.05) is 19.8 Å². The van der Waals surface area contributed by atoms with Gasteiger partial charge in [-0.3, -0.25) is 4.90 Å². The number of β-amino-alcohol motifs (C(OH)–C–C–N with tert-alkyl or cyclic N) is 1. The Bertz CT molecular complexity index is 215. The SMILES string of the molecule is C#CCN(CC(O)CC(C)C)C(C)(C)C.Cl. The van der Waals surface area contributed by atoms with Gasteiger partial charge in [0.15, 0.2) is 0 Å². The van der Waals surface area contributed by atoms with Crippen LogP contribution in [0.5, 0.6) is 0 Å². The van der Waals surface area contributed by atoms with Crippen molar-refractivity contribution in [3.05, 3.63) is 0 Å². The smallest absolute Gasteiger partial charge is 0.0670 e. The van der Waals surface area contributed by atoms with E-state index in [2.05, 4.69) is 45.4 Å². The largest absolute Gasteiger partial charge is 0.392 e. The molecule has 0 saturated carbocycles. The molecule has 16 heavy (non-hydrogen) atoms. The van der Waals surface area contributed by atoms with Crippen LogP contribution in [-0.4, -0.2) is 34.7 Å². The molecule has 0 aromatic carbocycles. The van der Waals surface area contributed by atoms with E-state index in [0.717, 1.165) is 6.42 Å². The number of nitrogens with zero attached hydrogens (tertiary/aromatic N) is 1. The zero-order valence-corrected chi connectivity index (χ0v) is 12.0. The zero-order valence-electron chi connectivity index (χ0n) is 11.2. The molecule has 1 N–H and O–H groups in total. The van der Waals surface area contributed by atoms with Crippen LogP contribution >= 0.6 is 12.4 Å². The van der Waals surface area contributed by atoms with Crippen LogP contribution in [0.3, 0.4) is 0 Å². The monoisotopic (exact) mass is 247 g/mol. The summed E-state index contributed by atoms with van der Waals surface area (Å²) >= 11 is 0. The van der Waals surface area contributed by atoms with Crippen molar-refractivity contribution in [3.8, 4) is 12.3 Å². The van der Waals surface area contributed by atoms with Crippen LogP contribution in [0.25, 0.3) is 0 Å². The highest BCUT2D eigenvalue weighted by atomic mass is 35.5. The van der Waals surface area contributed by atoms with Gasteiger partial charge in [0.25, 0.3) is 0 Å². The van der Waals surface area contributed by atoms with Gasteiger partial charge >= 0.3 is 0 Å². The van der Waals surface area contributed by atoms with Gasteiger partial charge in [0, 0.05) is 12.1 Å². The first kappa shape index (κ1) is 18.1. The van der Waals surface area contributed by atoms with E-state index in [0.29, 0.717) is 19.0 Å². The van der Waals surface area contributed by atoms with Crippen molar-refractivity contribution in [1.29, 1.82) is 0 Å². The quantitative estimate of drug-likeness (QED) is 0.755. The van der Waals surface area contributed by atoms with Crippen LogP contribution < -0.4 is 0 Å². The molecule has 0 rings (SSSR count). The van der Waals surface area contributed by atoms with Gasteiger partial charge in [-0.25, -0.2) is 0 Å². The number of aliphatic hydroxyl groups excluding tert-OH is 1. The Kier molecular flexibility index (Phi) is 9.01. The third-order valence-corrected chi connectivity index (χ3v) is 2.41. The predicted octanol–water partition coefficient (Wildman–Crippen LogP) is 2.55. The summed E-state index contributed by atoms with van der Waals surface area (Å²) in [7, 11) is 0. The molecule has 3 heteroatoms. The predicted molar refractivity (Wildman–Crippen MR) is 72.9 cm³/mol. The molecule has 2 nitrogen and oxygen atoms in total. The van der Waals surface area contributed by atoms with E-state index in [1.165, 1.54) is 0 Å². The minimum atomic E-state index is -0.280. The molecule has 0 radical (unpaired) electrons. The number of halogens is 1. The normalized spacial score (nSPS) is 13.4. The molecule has 1 unspecified atom stereocenters. The molecule has 0 aliphatic heterocycles. The van der Waals surface area contributed by atoms with E-state index in [-0.39, 0.29) is 24.0 Å². The first-order valence-corrected chi connectivity index (χ1v) is 5.64. The molecule has 0 aliphatic carbocycles.